The lowest BCUT2D eigenvalue weighted by molar-refractivity contribution is -0.120. The summed E-state index contributed by atoms with van der Waals surface area (Å²) in [6.07, 6.45) is 0.746. The number of benzene rings is 2. The highest BCUT2D eigenvalue weighted by Crippen LogP contribution is 2.30. The third-order valence-electron chi connectivity index (χ3n) is 4.96. The Morgan fingerprint density at radius 1 is 1.13 bits per heavy atom. The quantitative estimate of drug-likeness (QED) is 0.606. The number of primary sulfonamides is 1. The first-order chi connectivity index (χ1) is 14.3. The Kier molecular flexibility index (Phi) is 5.55. The van der Waals surface area contributed by atoms with Crippen molar-refractivity contribution in [2.45, 2.75) is 17.9 Å². The molecule has 0 atom stereocenters. The molecule has 1 aliphatic heterocycles. The number of nitrogens with zero attached hydrogens (tertiary/aromatic N) is 1. The van der Waals surface area contributed by atoms with E-state index in [9.17, 15) is 13.2 Å². The Morgan fingerprint density at radius 3 is 2.63 bits per heavy atom. The van der Waals surface area contributed by atoms with E-state index in [4.69, 9.17) is 21.2 Å². The molecular weight excluding hydrogens is 426 g/mol. The fourth-order valence-electron chi connectivity index (χ4n) is 3.42. The van der Waals surface area contributed by atoms with Crippen LogP contribution in [0.3, 0.4) is 0 Å². The van der Waals surface area contributed by atoms with Gasteiger partial charge in [0.15, 0.2) is 0 Å². The van der Waals surface area contributed by atoms with Gasteiger partial charge in [0, 0.05) is 22.8 Å². The molecule has 3 N–H and O–H groups in total. The third kappa shape index (κ3) is 4.51. The third-order valence-corrected chi connectivity index (χ3v) is 6.12. The number of amides is 1. The van der Waals surface area contributed by atoms with E-state index in [1.54, 1.807) is 18.2 Å². The van der Waals surface area contributed by atoms with Crippen LogP contribution in [0.25, 0.3) is 11.3 Å². The minimum absolute atomic E-state index is 0.0406. The zero-order valence-electron chi connectivity index (χ0n) is 16.0. The Labute approximate surface area is 179 Å². The number of hydrogen-bond acceptors (Lipinski definition) is 5. The first-order valence-electron chi connectivity index (χ1n) is 9.31. The van der Waals surface area contributed by atoms with Crippen LogP contribution in [0.2, 0.25) is 5.02 Å². The maximum Gasteiger partial charge on any atom is 0.239 e. The molecule has 0 bridgehead atoms. The molecule has 9 heteroatoms. The Hall–Kier alpha value is -2.81. The molecule has 0 radical (unpaired) electrons. The Balaban J connectivity index is 1.37. The fourth-order valence-corrected chi connectivity index (χ4v) is 4.08. The summed E-state index contributed by atoms with van der Waals surface area (Å²) in [4.78, 5) is 14.3. The number of anilines is 1. The van der Waals surface area contributed by atoms with Crippen LogP contribution < -0.4 is 15.4 Å². The predicted molar refractivity (Wildman–Crippen MR) is 115 cm³/mol. The molecule has 7 nitrogen and oxygen atoms in total. The molecule has 1 amide bonds. The lowest BCUT2D eigenvalue weighted by Gasteiger charge is -2.19. The van der Waals surface area contributed by atoms with Crippen molar-refractivity contribution in [1.29, 1.82) is 0 Å². The monoisotopic (exact) mass is 445 g/mol. The van der Waals surface area contributed by atoms with Crippen LogP contribution >= 0.6 is 11.6 Å². The van der Waals surface area contributed by atoms with E-state index in [1.165, 1.54) is 12.1 Å². The summed E-state index contributed by atoms with van der Waals surface area (Å²) in [6, 6.07) is 15.7. The first kappa shape index (κ1) is 20.5. The molecule has 1 aromatic heterocycles. The molecular formula is C21H20ClN3O4S. The topological polar surface area (TPSA) is 106 Å². The van der Waals surface area contributed by atoms with Gasteiger partial charge in [-0.2, -0.15) is 0 Å². The van der Waals surface area contributed by atoms with E-state index in [0.29, 0.717) is 23.1 Å². The normalized spacial score (nSPS) is 13.3. The van der Waals surface area contributed by atoms with Gasteiger partial charge in [-0.25, -0.2) is 13.6 Å². The van der Waals surface area contributed by atoms with E-state index in [1.807, 2.05) is 29.2 Å². The number of rotatable bonds is 6. The van der Waals surface area contributed by atoms with Crippen molar-refractivity contribution in [3.8, 4) is 11.3 Å². The van der Waals surface area contributed by atoms with Gasteiger partial charge in [0.1, 0.15) is 11.5 Å². The van der Waals surface area contributed by atoms with Crippen molar-refractivity contribution in [3.63, 3.8) is 0 Å². The molecule has 0 saturated heterocycles. The average molecular weight is 446 g/mol. The summed E-state index contributed by atoms with van der Waals surface area (Å²) in [5.41, 5.74) is 2.62. The van der Waals surface area contributed by atoms with Crippen LogP contribution in [0.5, 0.6) is 0 Å². The summed E-state index contributed by atoms with van der Waals surface area (Å²) in [6.45, 7) is 1.01. The van der Waals surface area contributed by atoms with E-state index in [2.05, 4.69) is 5.32 Å². The van der Waals surface area contributed by atoms with Gasteiger partial charge in [-0.1, -0.05) is 17.7 Å². The van der Waals surface area contributed by atoms with Gasteiger partial charge >= 0.3 is 0 Å². The minimum atomic E-state index is -3.79. The average Bonchev–Trinajstić information content (AvgIpc) is 3.33. The lowest BCUT2D eigenvalue weighted by atomic mass is 10.2. The van der Waals surface area contributed by atoms with Crippen LogP contribution in [0.4, 0.5) is 5.69 Å². The van der Waals surface area contributed by atoms with E-state index in [-0.39, 0.29) is 23.9 Å². The van der Waals surface area contributed by atoms with Crippen LogP contribution in [0, 0.1) is 0 Å². The number of halogens is 1. The standard InChI is InChI=1S/C21H20ClN3O4S/c22-16-4-1-15(2-5-16)20-8-6-17(29-20)12-24-21(26)13-25-10-9-14-3-7-18(11-19(14)25)30(23,27)28/h1-8,11H,9-10,12-13H2,(H,24,26)(H2,23,27,28). The summed E-state index contributed by atoms with van der Waals surface area (Å²) >= 11 is 5.90. The largest absolute Gasteiger partial charge is 0.459 e. The van der Waals surface area contributed by atoms with Gasteiger partial charge in [-0.05, 0) is 60.5 Å². The van der Waals surface area contributed by atoms with Crippen LogP contribution in [-0.4, -0.2) is 27.4 Å². The van der Waals surface area contributed by atoms with Gasteiger partial charge in [-0.15, -0.1) is 0 Å². The smallest absolute Gasteiger partial charge is 0.239 e. The maximum absolute atomic E-state index is 12.4. The van der Waals surface area contributed by atoms with Crippen molar-refractivity contribution >= 4 is 33.2 Å². The number of hydrogen-bond donors (Lipinski definition) is 2. The zero-order valence-corrected chi connectivity index (χ0v) is 17.5. The second kappa shape index (κ2) is 8.14. The van der Waals surface area contributed by atoms with Gasteiger partial charge in [0.2, 0.25) is 15.9 Å². The van der Waals surface area contributed by atoms with Gasteiger partial charge in [-0.3, -0.25) is 4.79 Å². The molecule has 0 spiro atoms. The molecule has 0 fully saturated rings. The lowest BCUT2D eigenvalue weighted by Crippen LogP contribution is -2.36. The molecule has 2 aromatic carbocycles. The van der Waals surface area contributed by atoms with Crippen molar-refractivity contribution < 1.29 is 17.6 Å². The van der Waals surface area contributed by atoms with Crippen LogP contribution in [-0.2, 0) is 27.8 Å². The van der Waals surface area contributed by atoms with Crippen LogP contribution in [0.1, 0.15) is 11.3 Å². The minimum Gasteiger partial charge on any atom is -0.459 e. The Bertz CT molecular complexity index is 1190. The second-order valence-electron chi connectivity index (χ2n) is 7.06. The zero-order chi connectivity index (χ0) is 21.3. The molecule has 0 unspecified atom stereocenters. The number of sulfonamides is 1. The summed E-state index contributed by atoms with van der Waals surface area (Å²) in [5, 5.41) is 8.71. The molecule has 4 rings (SSSR count). The predicted octanol–water partition coefficient (Wildman–Crippen LogP) is 2.93. The van der Waals surface area contributed by atoms with Gasteiger partial charge in [0.05, 0.1) is 18.0 Å². The molecule has 156 valence electrons. The van der Waals surface area contributed by atoms with Gasteiger partial charge in [0.25, 0.3) is 0 Å². The van der Waals surface area contributed by atoms with E-state index < -0.39 is 10.0 Å². The molecule has 30 heavy (non-hydrogen) atoms. The molecule has 3 aromatic rings. The maximum atomic E-state index is 12.4. The van der Waals surface area contributed by atoms with E-state index >= 15 is 0 Å². The number of nitrogens with two attached hydrogens (primary N) is 1. The highest BCUT2D eigenvalue weighted by Gasteiger charge is 2.23. The van der Waals surface area contributed by atoms with Gasteiger partial charge < -0.3 is 14.6 Å². The highest BCUT2D eigenvalue weighted by atomic mass is 35.5. The molecule has 0 aliphatic carbocycles. The summed E-state index contributed by atoms with van der Waals surface area (Å²) in [5.74, 6) is 1.14. The van der Waals surface area contributed by atoms with Crippen molar-refractivity contribution in [1.82, 2.24) is 5.32 Å². The molecule has 1 aliphatic rings. The summed E-state index contributed by atoms with van der Waals surface area (Å²) < 4.78 is 29.0. The number of carbonyl (C=O) groups is 1. The fraction of sp³-hybridized carbons (Fsp3) is 0.190. The van der Waals surface area contributed by atoms with Crippen LogP contribution in [0.15, 0.2) is 63.9 Å². The number of nitrogens with one attached hydrogen (secondary N) is 1. The molecule has 0 saturated carbocycles. The number of fused-ring (bicyclic) bond motifs is 1. The Morgan fingerprint density at radius 2 is 1.90 bits per heavy atom. The van der Waals surface area contributed by atoms with E-state index in [0.717, 1.165) is 23.2 Å². The molecule has 2 heterocycles. The van der Waals surface area contributed by atoms with Crippen molar-refractivity contribution in [2.75, 3.05) is 18.0 Å². The highest BCUT2D eigenvalue weighted by molar-refractivity contribution is 7.89. The SMILES string of the molecule is NS(=O)(=O)c1ccc2c(c1)N(CC(=O)NCc1ccc(-c3ccc(Cl)cc3)o1)CC2. The van der Waals surface area contributed by atoms with Crippen molar-refractivity contribution in [3.05, 3.63) is 70.9 Å². The number of carbonyl (C=O) groups excluding carboxylic acids is 1. The second-order valence-corrected chi connectivity index (χ2v) is 9.05. The van der Waals surface area contributed by atoms with Crippen molar-refractivity contribution in [2.24, 2.45) is 5.14 Å². The summed E-state index contributed by atoms with van der Waals surface area (Å²) in [7, 11) is -3.79. The number of furan rings is 1. The first-order valence-corrected chi connectivity index (χ1v) is 11.2.